The number of thiocarbonyl (C=S) groups is 1. The van der Waals surface area contributed by atoms with Gasteiger partial charge in [0.1, 0.15) is 11.3 Å². The van der Waals surface area contributed by atoms with Gasteiger partial charge in [-0.2, -0.15) is 0 Å². The highest BCUT2D eigenvalue weighted by molar-refractivity contribution is 7.84. The molecule has 1 unspecified atom stereocenters. The van der Waals surface area contributed by atoms with E-state index < -0.39 is 22.6 Å². The number of hydrogen-bond acceptors (Lipinski definition) is 5. The van der Waals surface area contributed by atoms with Gasteiger partial charge in [0.05, 0.1) is 29.3 Å². The average molecular weight is 525 g/mol. The summed E-state index contributed by atoms with van der Waals surface area (Å²) in [6, 6.07) is 19.3. The highest BCUT2D eigenvalue weighted by Crippen LogP contribution is 2.27. The quantitative estimate of drug-likeness (QED) is 0.285. The molecule has 9 heteroatoms. The molecule has 3 aromatic rings. The molecule has 1 aliphatic heterocycles. The first-order valence-electron chi connectivity index (χ1n) is 10.6. The van der Waals surface area contributed by atoms with Gasteiger partial charge in [0.25, 0.3) is 11.8 Å². The molecule has 178 valence electrons. The van der Waals surface area contributed by atoms with Crippen molar-refractivity contribution in [2.24, 2.45) is 0 Å². The first-order chi connectivity index (χ1) is 16.8. The van der Waals surface area contributed by atoms with Crippen LogP contribution in [0.25, 0.3) is 6.08 Å². The molecule has 0 radical (unpaired) electrons. The van der Waals surface area contributed by atoms with Gasteiger partial charge in [-0.1, -0.05) is 35.4 Å². The van der Waals surface area contributed by atoms with Crippen LogP contribution in [0.1, 0.15) is 16.7 Å². The molecular weight excluding hydrogens is 504 g/mol. The number of nitrogens with one attached hydrogen (secondary N) is 1. The molecule has 0 saturated carbocycles. The van der Waals surface area contributed by atoms with Crippen molar-refractivity contribution in [3.8, 4) is 5.75 Å². The third-order valence-corrected chi connectivity index (χ3v) is 7.28. The van der Waals surface area contributed by atoms with Gasteiger partial charge in [-0.25, -0.2) is 0 Å². The minimum absolute atomic E-state index is 0.0108. The largest absolute Gasteiger partial charge is 0.496 e. The smallest absolute Gasteiger partial charge is 0.270 e. The Bertz CT molecular complexity index is 1370. The van der Waals surface area contributed by atoms with Crippen LogP contribution in [0.15, 0.2) is 77.2 Å². The third kappa shape index (κ3) is 5.51. The van der Waals surface area contributed by atoms with Crippen molar-refractivity contribution in [2.45, 2.75) is 17.6 Å². The van der Waals surface area contributed by atoms with Gasteiger partial charge in [0.2, 0.25) is 0 Å². The normalized spacial score (nSPS) is 15.8. The van der Waals surface area contributed by atoms with Crippen LogP contribution < -0.4 is 15.0 Å². The zero-order valence-electron chi connectivity index (χ0n) is 18.9. The summed E-state index contributed by atoms with van der Waals surface area (Å²) in [5, 5.41) is 3.06. The van der Waals surface area contributed by atoms with Crippen molar-refractivity contribution in [1.29, 1.82) is 0 Å². The van der Waals surface area contributed by atoms with Crippen molar-refractivity contribution < 1.29 is 18.5 Å². The number of hydrogen-bond donors (Lipinski definition) is 1. The highest BCUT2D eigenvalue weighted by atomic mass is 35.5. The highest BCUT2D eigenvalue weighted by Gasteiger charge is 2.34. The maximum absolute atomic E-state index is 13.2. The summed E-state index contributed by atoms with van der Waals surface area (Å²) in [5.41, 5.74) is 2.77. The predicted octanol–water partition coefficient (Wildman–Crippen LogP) is 4.80. The minimum atomic E-state index is -1.30. The number of nitrogens with zero attached hydrogens (tertiary/aromatic N) is 1. The van der Waals surface area contributed by atoms with Gasteiger partial charge >= 0.3 is 0 Å². The number of carbonyl (C=O) groups excluding carboxylic acids is 2. The number of anilines is 1. The van der Waals surface area contributed by atoms with Gasteiger partial charge in [0, 0.05) is 15.5 Å². The Hall–Kier alpha value is -3.33. The van der Waals surface area contributed by atoms with Crippen LogP contribution in [0.4, 0.5) is 5.69 Å². The molecule has 3 aromatic carbocycles. The fourth-order valence-electron chi connectivity index (χ4n) is 3.56. The lowest BCUT2D eigenvalue weighted by Gasteiger charge is -2.29. The Morgan fingerprint density at radius 3 is 2.40 bits per heavy atom. The van der Waals surface area contributed by atoms with E-state index in [4.69, 9.17) is 28.6 Å². The third-order valence-electron chi connectivity index (χ3n) is 5.37. The van der Waals surface area contributed by atoms with Gasteiger partial charge < -0.3 is 4.74 Å². The summed E-state index contributed by atoms with van der Waals surface area (Å²) in [4.78, 5) is 27.8. The molecule has 1 fully saturated rings. The van der Waals surface area contributed by atoms with Crippen LogP contribution in [0.5, 0.6) is 5.75 Å². The number of halogens is 1. The van der Waals surface area contributed by atoms with Crippen LogP contribution in [0, 0.1) is 6.92 Å². The zero-order valence-corrected chi connectivity index (χ0v) is 21.3. The molecule has 0 spiro atoms. The molecule has 0 aromatic heterocycles. The summed E-state index contributed by atoms with van der Waals surface area (Å²) >= 11 is 11.2. The van der Waals surface area contributed by atoms with E-state index in [0.29, 0.717) is 32.5 Å². The number of aryl methyl sites for hydroxylation is 1. The summed E-state index contributed by atoms with van der Waals surface area (Å²) in [6.45, 7) is 1.97. The average Bonchev–Trinajstić information content (AvgIpc) is 2.83. The predicted molar refractivity (Wildman–Crippen MR) is 142 cm³/mol. The van der Waals surface area contributed by atoms with Gasteiger partial charge in [-0.15, -0.1) is 0 Å². The van der Waals surface area contributed by atoms with E-state index >= 15 is 0 Å². The summed E-state index contributed by atoms with van der Waals surface area (Å²) < 4.78 is 18.4. The molecular formula is C26H21ClN2O4S2. The first kappa shape index (κ1) is 24.8. The number of methoxy groups -OCH3 is 1. The fraction of sp³-hybridized carbons (Fsp3) is 0.115. The van der Waals surface area contributed by atoms with E-state index in [-0.39, 0.29) is 16.4 Å². The fourth-order valence-corrected chi connectivity index (χ4v) is 5.09. The van der Waals surface area contributed by atoms with Crippen LogP contribution >= 0.6 is 23.8 Å². The van der Waals surface area contributed by atoms with E-state index in [1.807, 2.05) is 31.2 Å². The number of benzene rings is 3. The molecule has 1 aliphatic rings. The van der Waals surface area contributed by atoms with Crippen molar-refractivity contribution in [1.82, 2.24) is 5.32 Å². The van der Waals surface area contributed by atoms with E-state index in [1.165, 1.54) is 18.1 Å². The van der Waals surface area contributed by atoms with Gasteiger partial charge in [-0.05, 0) is 79.3 Å². The van der Waals surface area contributed by atoms with E-state index in [9.17, 15) is 13.8 Å². The zero-order chi connectivity index (χ0) is 25.1. The molecule has 1 atom stereocenters. The van der Waals surface area contributed by atoms with Gasteiger partial charge in [-0.3, -0.25) is 24.0 Å². The molecule has 1 N–H and O–H groups in total. The molecule has 1 saturated heterocycles. The molecule has 0 bridgehead atoms. The maximum Gasteiger partial charge on any atom is 0.270 e. The molecule has 35 heavy (non-hydrogen) atoms. The van der Waals surface area contributed by atoms with Crippen molar-refractivity contribution in [3.05, 3.63) is 94.0 Å². The topological polar surface area (TPSA) is 75.7 Å². The number of carbonyl (C=O) groups is 2. The second kappa shape index (κ2) is 10.5. The Balaban J connectivity index is 1.66. The number of ether oxygens (including phenoxy) is 1. The van der Waals surface area contributed by atoms with Crippen LogP contribution in [-0.4, -0.2) is 28.2 Å². The Labute approximate surface area is 216 Å². The van der Waals surface area contributed by atoms with Crippen molar-refractivity contribution in [2.75, 3.05) is 12.0 Å². The summed E-state index contributed by atoms with van der Waals surface area (Å²) in [6.07, 6.45) is 1.49. The van der Waals surface area contributed by atoms with Crippen LogP contribution in [-0.2, 0) is 26.1 Å². The van der Waals surface area contributed by atoms with E-state index in [0.717, 1.165) is 5.56 Å². The lowest BCUT2D eigenvalue weighted by atomic mass is 10.0. The second-order valence-electron chi connectivity index (χ2n) is 7.81. The van der Waals surface area contributed by atoms with Crippen molar-refractivity contribution >= 4 is 63.3 Å². The second-order valence-corrected chi connectivity index (χ2v) is 10.1. The monoisotopic (exact) mass is 524 g/mol. The molecule has 0 aliphatic carbocycles. The Kier molecular flexibility index (Phi) is 7.45. The lowest BCUT2D eigenvalue weighted by Crippen LogP contribution is -2.54. The molecule has 1 heterocycles. The first-order valence-corrected chi connectivity index (χ1v) is 12.7. The maximum atomic E-state index is 13.2. The Morgan fingerprint density at radius 1 is 1.06 bits per heavy atom. The number of amides is 2. The SMILES string of the molecule is COc1ccc(C=C2C(=O)NC(=S)N(c3ccc(Cl)cc3)C2=O)cc1CS(=O)c1ccc(C)cc1. The van der Waals surface area contributed by atoms with Crippen LogP contribution in [0.2, 0.25) is 5.02 Å². The van der Waals surface area contributed by atoms with E-state index in [2.05, 4.69) is 5.32 Å². The molecule has 2 amide bonds. The van der Waals surface area contributed by atoms with Gasteiger partial charge in [0.15, 0.2) is 5.11 Å². The van der Waals surface area contributed by atoms with Crippen LogP contribution in [0.3, 0.4) is 0 Å². The lowest BCUT2D eigenvalue weighted by molar-refractivity contribution is -0.122. The molecule has 4 rings (SSSR count). The standard InChI is InChI=1S/C26H21ClN2O4S2/c1-16-3-10-21(11-4-16)35(32)15-18-13-17(5-12-23(18)33-2)14-22-24(30)28-26(34)29(25(22)31)20-8-6-19(27)7-9-20/h3-14H,15H2,1-2H3,(H,28,30,34). The Morgan fingerprint density at radius 2 is 1.74 bits per heavy atom. The van der Waals surface area contributed by atoms with E-state index in [1.54, 1.807) is 42.5 Å². The number of rotatable bonds is 6. The molecule has 6 nitrogen and oxygen atoms in total. The summed E-state index contributed by atoms with van der Waals surface area (Å²) in [5.74, 6) is -0.367. The summed E-state index contributed by atoms with van der Waals surface area (Å²) in [7, 11) is 0.233. The van der Waals surface area contributed by atoms with Crippen molar-refractivity contribution in [3.63, 3.8) is 0 Å². The minimum Gasteiger partial charge on any atom is -0.496 e.